The predicted octanol–water partition coefficient (Wildman–Crippen LogP) is 1.57. The minimum atomic E-state index is 0.0501. The lowest BCUT2D eigenvalue weighted by Crippen LogP contribution is -2.21. The van der Waals surface area contributed by atoms with Crippen LogP contribution in [0.25, 0.3) is 0 Å². The van der Waals surface area contributed by atoms with Crippen LogP contribution >= 0.6 is 0 Å². The molecule has 0 bridgehead atoms. The van der Waals surface area contributed by atoms with E-state index in [9.17, 15) is 0 Å². The van der Waals surface area contributed by atoms with Gasteiger partial charge < -0.3 is 15.4 Å². The van der Waals surface area contributed by atoms with E-state index in [1.54, 1.807) is 13.3 Å². The Morgan fingerprint density at radius 2 is 2.31 bits per heavy atom. The molecule has 2 N–H and O–H groups in total. The standard InChI is InChI=1S/C12H21N3O/c1-10(13)11-5-6-14-12(9-11)15(2)7-4-8-16-3/h5-6,9-10H,4,7-8,13H2,1-3H3. The van der Waals surface area contributed by atoms with Crippen LogP contribution in [-0.4, -0.2) is 32.3 Å². The highest BCUT2D eigenvalue weighted by molar-refractivity contribution is 5.40. The summed E-state index contributed by atoms with van der Waals surface area (Å²) in [4.78, 5) is 6.45. The summed E-state index contributed by atoms with van der Waals surface area (Å²) in [6, 6.07) is 4.04. The topological polar surface area (TPSA) is 51.4 Å². The van der Waals surface area contributed by atoms with Crippen LogP contribution in [0.15, 0.2) is 18.3 Å². The fraction of sp³-hybridized carbons (Fsp3) is 0.583. The zero-order chi connectivity index (χ0) is 12.0. The molecule has 0 aliphatic rings. The zero-order valence-corrected chi connectivity index (χ0v) is 10.3. The van der Waals surface area contributed by atoms with Gasteiger partial charge in [-0.05, 0) is 31.0 Å². The summed E-state index contributed by atoms with van der Waals surface area (Å²) >= 11 is 0. The van der Waals surface area contributed by atoms with Crippen molar-refractivity contribution in [3.63, 3.8) is 0 Å². The Morgan fingerprint density at radius 3 is 2.94 bits per heavy atom. The van der Waals surface area contributed by atoms with E-state index in [0.29, 0.717) is 0 Å². The number of hydrogen-bond acceptors (Lipinski definition) is 4. The van der Waals surface area contributed by atoms with Crippen LogP contribution in [0.1, 0.15) is 24.9 Å². The Kier molecular flexibility index (Phi) is 5.22. The minimum Gasteiger partial charge on any atom is -0.385 e. The molecule has 4 heteroatoms. The van der Waals surface area contributed by atoms with E-state index in [-0.39, 0.29) is 6.04 Å². The number of hydrogen-bond donors (Lipinski definition) is 1. The van der Waals surface area contributed by atoms with Crippen LogP contribution in [0.5, 0.6) is 0 Å². The highest BCUT2D eigenvalue weighted by Crippen LogP contribution is 2.15. The average molecular weight is 223 g/mol. The summed E-state index contributed by atoms with van der Waals surface area (Å²) in [6.07, 6.45) is 2.80. The van der Waals surface area contributed by atoms with Crippen LogP contribution in [-0.2, 0) is 4.74 Å². The average Bonchev–Trinajstić information content (AvgIpc) is 2.29. The van der Waals surface area contributed by atoms with Crippen molar-refractivity contribution in [2.24, 2.45) is 5.73 Å². The van der Waals surface area contributed by atoms with Crippen molar-refractivity contribution >= 4 is 5.82 Å². The normalized spacial score (nSPS) is 12.5. The van der Waals surface area contributed by atoms with Gasteiger partial charge in [-0.3, -0.25) is 0 Å². The fourth-order valence-corrected chi connectivity index (χ4v) is 1.49. The van der Waals surface area contributed by atoms with Crippen molar-refractivity contribution in [2.75, 3.05) is 32.2 Å². The summed E-state index contributed by atoms with van der Waals surface area (Å²) in [6.45, 7) is 3.69. The molecule has 0 spiro atoms. The van der Waals surface area contributed by atoms with Gasteiger partial charge in [0.2, 0.25) is 0 Å². The number of nitrogens with two attached hydrogens (primary N) is 1. The van der Waals surface area contributed by atoms with E-state index in [4.69, 9.17) is 10.5 Å². The molecule has 1 unspecified atom stereocenters. The summed E-state index contributed by atoms with van der Waals surface area (Å²) in [5.74, 6) is 0.964. The van der Waals surface area contributed by atoms with Crippen molar-refractivity contribution in [1.29, 1.82) is 0 Å². The second kappa shape index (κ2) is 6.45. The molecule has 1 atom stereocenters. The summed E-state index contributed by atoms with van der Waals surface area (Å²) in [5.41, 5.74) is 6.95. The van der Waals surface area contributed by atoms with Gasteiger partial charge in [-0.15, -0.1) is 0 Å². The number of aromatic nitrogens is 1. The number of rotatable bonds is 6. The van der Waals surface area contributed by atoms with E-state index in [1.807, 2.05) is 26.1 Å². The van der Waals surface area contributed by atoms with Gasteiger partial charge in [-0.1, -0.05) is 0 Å². The van der Waals surface area contributed by atoms with Crippen LogP contribution in [0, 0.1) is 0 Å². The highest BCUT2D eigenvalue weighted by Gasteiger charge is 2.05. The SMILES string of the molecule is COCCCN(C)c1cc(C(C)N)ccn1. The molecular weight excluding hydrogens is 202 g/mol. The maximum Gasteiger partial charge on any atom is 0.128 e. The van der Waals surface area contributed by atoms with Gasteiger partial charge in [0.15, 0.2) is 0 Å². The van der Waals surface area contributed by atoms with E-state index < -0.39 is 0 Å². The maximum absolute atomic E-state index is 5.84. The third kappa shape index (κ3) is 3.79. The van der Waals surface area contributed by atoms with Crippen molar-refractivity contribution in [1.82, 2.24) is 4.98 Å². The monoisotopic (exact) mass is 223 g/mol. The van der Waals surface area contributed by atoms with Gasteiger partial charge in [-0.2, -0.15) is 0 Å². The lowest BCUT2D eigenvalue weighted by atomic mass is 10.1. The molecule has 90 valence electrons. The van der Waals surface area contributed by atoms with Crippen molar-refractivity contribution in [3.05, 3.63) is 23.9 Å². The van der Waals surface area contributed by atoms with E-state index in [1.165, 1.54) is 0 Å². The molecule has 0 saturated heterocycles. The lowest BCUT2D eigenvalue weighted by molar-refractivity contribution is 0.196. The third-order valence-corrected chi connectivity index (χ3v) is 2.53. The third-order valence-electron chi connectivity index (χ3n) is 2.53. The van der Waals surface area contributed by atoms with Gasteiger partial charge in [0.1, 0.15) is 5.82 Å². The van der Waals surface area contributed by atoms with Gasteiger partial charge in [-0.25, -0.2) is 4.98 Å². The molecule has 0 amide bonds. The van der Waals surface area contributed by atoms with Crippen LogP contribution in [0.3, 0.4) is 0 Å². The first-order valence-corrected chi connectivity index (χ1v) is 5.56. The Morgan fingerprint density at radius 1 is 1.56 bits per heavy atom. The number of anilines is 1. The summed E-state index contributed by atoms with van der Waals surface area (Å²) in [5, 5.41) is 0. The molecule has 1 aromatic heterocycles. The smallest absolute Gasteiger partial charge is 0.128 e. The second-order valence-corrected chi connectivity index (χ2v) is 4.00. The molecule has 1 rings (SSSR count). The first kappa shape index (κ1) is 12.9. The lowest BCUT2D eigenvalue weighted by Gasteiger charge is -2.19. The fourth-order valence-electron chi connectivity index (χ4n) is 1.49. The van der Waals surface area contributed by atoms with Crippen molar-refractivity contribution < 1.29 is 4.74 Å². The molecular formula is C12H21N3O. The van der Waals surface area contributed by atoms with Crippen molar-refractivity contribution in [2.45, 2.75) is 19.4 Å². The molecule has 0 aromatic carbocycles. The van der Waals surface area contributed by atoms with Crippen LogP contribution in [0.2, 0.25) is 0 Å². The highest BCUT2D eigenvalue weighted by atomic mass is 16.5. The van der Waals surface area contributed by atoms with Crippen molar-refractivity contribution in [3.8, 4) is 0 Å². The zero-order valence-electron chi connectivity index (χ0n) is 10.3. The molecule has 1 aromatic rings. The molecule has 0 radical (unpaired) electrons. The predicted molar refractivity (Wildman–Crippen MR) is 66.6 cm³/mol. The quantitative estimate of drug-likeness (QED) is 0.744. The number of ether oxygens (including phenoxy) is 1. The summed E-state index contributed by atoms with van der Waals surface area (Å²) in [7, 11) is 3.75. The van der Waals surface area contributed by atoms with Gasteiger partial charge >= 0.3 is 0 Å². The molecule has 0 fully saturated rings. The van der Waals surface area contributed by atoms with E-state index in [2.05, 4.69) is 9.88 Å². The molecule has 0 aliphatic heterocycles. The molecule has 1 heterocycles. The Balaban J connectivity index is 2.60. The van der Waals surface area contributed by atoms with Gasteiger partial charge in [0, 0.05) is 39.5 Å². The summed E-state index contributed by atoms with van der Waals surface area (Å²) < 4.78 is 5.02. The second-order valence-electron chi connectivity index (χ2n) is 4.00. The number of nitrogens with zero attached hydrogens (tertiary/aromatic N) is 2. The minimum absolute atomic E-state index is 0.0501. The van der Waals surface area contributed by atoms with Gasteiger partial charge in [0.25, 0.3) is 0 Å². The largest absolute Gasteiger partial charge is 0.385 e. The number of pyridine rings is 1. The molecule has 0 saturated carbocycles. The first-order valence-electron chi connectivity index (χ1n) is 5.56. The molecule has 0 aliphatic carbocycles. The Bertz CT molecular complexity index is 315. The van der Waals surface area contributed by atoms with Crippen LogP contribution in [0.4, 0.5) is 5.82 Å². The first-order chi connectivity index (χ1) is 7.65. The molecule has 16 heavy (non-hydrogen) atoms. The maximum atomic E-state index is 5.84. The number of methoxy groups -OCH3 is 1. The van der Waals surface area contributed by atoms with E-state index >= 15 is 0 Å². The van der Waals surface area contributed by atoms with Gasteiger partial charge in [0.05, 0.1) is 0 Å². The Hall–Kier alpha value is -1.13. The Labute approximate surface area is 97.4 Å². The van der Waals surface area contributed by atoms with E-state index in [0.717, 1.165) is 31.0 Å². The van der Waals surface area contributed by atoms with Crippen LogP contribution < -0.4 is 10.6 Å². The molecule has 4 nitrogen and oxygen atoms in total.